The summed E-state index contributed by atoms with van der Waals surface area (Å²) in [5.74, 6) is -0.419. The van der Waals surface area contributed by atoms with Crippen molar-refractivity contribution in [2.45, 2.75) is 56.8 Å². The number of phosphoric acid groups is 1. The number of aromatic amines is 2. The summed E-state index contributed by atoms with van der Waals surface area (Å²) in [5.41, 5.74) is -2.74. The van der Waals surface area contributed by atoms with Crippen LogP contribution in [0.15, 0.2) is 43.7 Å². The van der Waals surface area contributed by atoms with Crippen molar-refractivity contribution in [2.75, 3.05) is 20.8 Å². The zero-order chi connectivity index (χ0) is 28.5. The molecule has 4 rings (SSSR count). The van der Waals surface area contributed by atoms with Crippen LogP contribution in [0.3, 0.4) is 0 Å². The number of ether oxygens (including phenoxy) is 4. The Morgan fingerprint density at radius 1 is 0.974 bits per heavy atom. The Labute approximate surface area is 216 Å². The van der Waals surface area contributed by atoms with Crippen molar-refractivity contribution in [3.63, 3.8) is 0 Å². The first-order chi connectivity index (χ1) is 18.5. The van der Waals surface area contributed by atoms with Crippen molar-refractivity contribution >= 4 is 7.82 Å². The minimum absolute atomic E-state index is 0.410. The second kappa shape index (κ2) is 11.2. The Bertz CT molecular complexity index is 1440. The molecule has 3 N–H and O–H groups in total. The number of methoxy groups -OCH3 is 2. The number of nitrogens with zero attached hydrogens (tertiary/aromatic N) is 2. The van der Waals surface area contributed by atoms with Gasteiger partial charge in [0.1, 0.15) is 18.3 Å². The molecule has 16 nitrogen and oxygen atoms in total. The molecule has 2 aromatic rings. The van der Waals surface area contributed by atoms with Gasteiger partial charge in [-0.3, -0.25) is 37.7 Å². The largest absolute Gasteiger partial charge is 0.472 e. The molecule has 17 heteroatoms. The lowest BCUT2D eigenvalue weighted by molar-refractivity contribution is -0.0657. The number of nitrogens with one attached hydrogen (secondary N) is 2. The number of rotatable bonds is 9. The first-order valence-corrected chi connectivity index (χ1v) is 12.9. The molecule has 0 aliphatic carbocycles. The first-order valence-electron chi connectivity index (χ1n) is 12.1. The van der Waals surface area contributed by atoms with Gasteiger partial charge in [-0.05, 0) is 6.90 Å². The third-order valence-corrected chi connectivity index (χ3v) is 7.42. The van der Waals surface area contributed by atoms with Gasteiger partial charge in [-0.1, -0.05) is 6.92 Å². The normalized spacial score (nSPS) is 33.2. The molecule has 0 bridgehead atoms. The summed E-state index contributed by atoms with van der Waals surface area (Å²) in [6.45, 7) is 0.881. The molecule has 0 saturated carbocycles. The Hall–Kier alpha value is -2.69. The molecular formula is C21H29N4O12P. The number of hydrogen-bond donors (Lipinski definition) is 3. The highest BCUT2D eigenvalue weighted by Gasteiger charge is 2.49. The molecule has 2 saturated heterocycles. The zero-order valence-electron chi connectivity index (χ0n) is 21.6. The van der Waals surface area contributed by atoms with Crippen LogP contribution in [0.5, 0.6) is 0 Å². The van der Waals surface area contributed by atoms with E-state index in [2.05, 4.69) is 9.97 Å². The van der Waals surface area contributed by atoms with Crippen molar-refractivity contribution in [1.82, 2.24) is 19.1 Å². The molecule has 3 unspecified atom stereocenters. The van der Waals surface area contributed by atoms with Crippen LogP contribution >= 0.6 is 7.82 Å². The standard InChI is InChI=1S/C21H29N4O12P/c1-10-12(36-18(15(10)32-3)24-7-5-13(26)22-20(24)28)9-34-38(30,31)37-16-11(2)35-19(17(16)33-4)25-8-6-14(27)23-21(25)29/h5-8,10-12,15-19H,9H2,1-4H3,(H,30,31)(H,22,26,28)(H,23,27,29)/t10?,11-,12-,15+,16?,17+,18-,19-/m1/s1/i2D. The maximum atomic E-state index is 12.9. The zero-order valence-corrected chi connectivity index (χ0v) is 21.5. The number of H-pyrrole nitrogens is 2. The van der Waals surface area contributed by atoms with E-state index in [1.54, 1.807) is 6.92 Å². The molecule has 0 amide bonds. The fraction of sp³-hybridized carbons (Fsp3) is 0.619. The van der Waals surface area contributed by atoms with Gasteiger partial charge in [-0.25, -0.2) is 14.2 Å². The summed E-state index contributed by atoms with van der Waals surface area (Å²) in [5, 5.41) is 0. The third-order valence-electron chi connectivity index (χ3n) is 6.44. The van der Waals surface area contributed by atoms with Crippen LogP contribution in [0.1, 0.15) is 27.7 Å². The van der Waals surface area contributed by atoms with Crippen LogP contribution < -0.4 is 22.5 Å². The highest BCUT2D eigenvalue weighted by molar-refractivity contribution is 7.47. The van der Waals surface area contributed by atoms with Gasteiger partial charge in [0.15, 0.2) is 12.5 Å². The summed E-state index contributed by atoms with van der Waals surface area (Å²) >= 11 is 0. The lowest BCUT2D eigenvalue weighted by Gasteiger charge is -2.25. The first kappa shape index (κ1) is 26.9. The van der Waals surface area contributed by atoms with Gasteiger partial charge in [-0.2, -0.15) is 0 Å². The predicted octanol–water partition coefficient (Wildman–Crippen LogP) is -0.930. The maximum Gasteiger partial charge on any atom is 0.472 e. The summed E-state index contributed by atoms with van der Waals surface area (Å²) in [6, 6.07) is 2.24. The van der Waals surface area contributed by atoms with E-state index in [-0.39, 0.29) is 0 Å². The molecule has 38 heavy (non-hydrogen) atoms. The Balaban J connectivity index is 1.47. The Kier molecular flexibility index (Phi) is 7.93. The third kappa shape index (κ3) is 5.67. The minimum Gasteiger partial charge on any atom is -0.376 e. The topological polar surface area (TPSA) is 202 Å². The number of hydrogen-bond acceptors (Lipinski definition) is 11. The second-order valence-corrected chi connectivity index (χ2v) is 10.2. The highest BCUT2D eigenvalue weighted by atomic mass is 31.2. The van der Waals surface area contributed by atoms with Crippen LogP contribution in [0.4, 0.5) is 0 Å². The molecule has 0 aromatic carbocycles. The van der Waals surface area contributed by atoms with Crippen LogP contribution in [-0.2, 0) is 32.6 Å². The van der Waals surface area contributed by atoms with E-state index in [4.69, 9.17) is 29.4 Å². The average molecular weight is 561 g/mol. The minimum atomic E-state index is -4.82. The lowest BCUT2D eigenvalue weighted by atomic mass is 10.0. The molecular weight excluding hydrogens is 531 g/mol. The van der Waals surface area contributed by atoms with Gasteiger partial charge in [-0.15, -0.1) is 0 Å². The monoisotopic (exact) mass is 561 g/mol. The fourth-order valence-electron chi connectivity index (χ4n) is 4.51. The molecule has 0 radical (unpaired) electrons. The Morgan fingerprint density at radius 2 is 1.53 bits per heavy atom. The van der Waals surface area contributed by atoms with Gasteiger partial charge in [0.25, 0.3) is 11.1 Å². The summed E-state index contributed by atoms with van der Waals surface area (Å²) in [4.78, 5) is 62.1. The van der Waals surface area contributed by atoms with E-state index in [1.165, 1.54) is 26.6 Å². The smallest absolute Gasteiger partial charge is 0.376 e. The summed E-state index contributed by atoms with van der Waals surface area (Å²) < 4.78 is 55.9. The fourth-order valence-corrected chi connectivity index (χ4v) is 5.47. The van der Waals surface area contributed by atoms with Crippen LogP contribution in [0.25, 0.3) is 0 Å². The van der Waals surface area contributed by atoms with Crippen LogP contribution in [0, 0.1) is 5.92 Å². The van der Waals surface area contributed by atoms with E-state index in [0.717, 1.165) is 21.3 Å². The van der Waals surface area contributed by atoms with Gasteiger partial charge >= 0.3 is 19.2 Å². The van der Waals surface area contributed by atoms with E-state index in [0.29, 0.717) is 0 Å². The number of phosphoric ester groups is 1. The molecule has 210 valence electrons. The van der Waals surface area contributed by atoms with Crippen LogP contribution in [0.2, 0.25) is 0 Å². The average Bonchev–Trinajstić information content (AvgIpc) is 3.38. The van der Waals surface area contributed by atoms with Crippen molar-refractivity contribution in [1.29, 1.82) is 0 Å². The van der Waals surface area contributed by atoms with Crippen molar-refractivity contribution < 1.29 is 38.8 Å². The van der Waals surface area contributed by atoms with Gasteiger partial charge in [0.05, 0.1) is 18.8 Å². The molecule has 0 spiro atoms. The van der Waals surface area contributed by atoms with Crippen molar-refractivity contribution in [2.24, 2.45) is 5.92 Å². The summed E-state index contributed by atoms with van der Waals surface area (Å²) in [7, 11) is -2.15. The predicted molar refractivity (Wildman–Crippen MR) is 128 cm³/mol. The Morgan fingerprint density at radius 3 is 2.03 bits per heavy atom. The lowest BCUT2D eigenvalue weighted by Crippen LogP contribution is -2.39. The molecule has 2 aliphatic heterocycles. The van der Waals surface area contributed by atoms with E-state index < -0.39 is 92.7 Å². The molecule has 2 fully saturated rings. The van der Waals surface area contributed by atoms with E-state index in [9.17, 15) is 28.6 Å². The van der Waals surface area contributed by atoms with E-state index >= 15 is 0 Å². The maximum absolute atomic E-state index is 12.9. The molecule has 2 aromatic heterocycles. The van der Waals surface area contributed by atoms with E-state index in [1.807, 2.05) is 0 Å². The highest BCUT2D eigenvalue weighted by Crippen LogP contribution is 2.49. The SMILES string of the molecule is [2H]C[C@H]1O[C@@H](n2ccc(=O)[nH]c2=O)[C@@H](OC)C1OP(=O)(O)OC[C@H]1O[C@@H](n2ccc(=O)[nH]c2=O)[C@@H](OC)C1C. The molecule has 4 heterocycles. The van der Waals surface area contributed by atoms with Crippen molar-refractivity contribution in [3.8, 4) is 0 Å². The van der Waals surface area contributed by atoms with Crippen LogP contribution in [-0.4, -0.2) is 75.3 Å². The molecule has 2 aliphatic rings. The quantitative estimate of drug-likeness (QED) is 0.318. The van der Waals surface area contributed by atoms with Crippen molar-refractivity contribution in [3.05, 3.63) is 66.2 Å². The summed E-state index contributed by atoms with van der Waals surface area (Å²) in [6.07, 6.45) is -4.68. The molecule has 9 atom stereocenters. The van der Waals surface area contributed by atoms with Gasteiger partial charge in [0, 0.05) is 46.0 Å². The van der Waals surface area contributed by atoms with Gasteiger partial charge in [0.2, 0.25) is 0 Å². The second-order valence-electron chi connectivity index (χ2n) is 8.76. The number of aromatic nitrogens is 4. The van der Waals surface area contributed by atoms with Gasteiger partial charge < -0.3 is 23.8 Å².